The van der Waals surface area contributed by atoms with Crippen molar-refractivity contribution in [2.45, 2.75) is 5.92 Å². The number of carbonyl (C=O) groups excluding carboxylic acids is 1. The van der Waals surface area contributed by atoms with E-state index in [2.05, 4.69) is 0 Å². The highest BCUT2D eigenvalue weighted by Gasteiger charge is 2.28. The zero-order valence-corrected chi connectivity index (χ0v) is 11.9. The maximum Gasteiger partial charge on any atom is 0.187 e. The van der Waals surface area contributed by atoms with Crippen LogP contribution in [0.1, 0.15) is 21.8 Å². The molecule has 0 aliphatic carbocycles. The minimum absolute atomic E-state index is 0.0806. The van der Waals surface area contributed by atoms with Gasteiger partial charge in [-0.3, -0.25) is 4.79 Å². The van der Waals surface area contributed by atoms with Gasteiger partial charge in [-0.25, -0.2) is 8.78 Å². The van der Waals surface area contributed by atoms with Crippen LogP contribution in [-0.2, 0) is 0 Å². The normalized spacial score (nSPS) is 11.8. The monoisotopic (exact) mass is 325 g/mol. The lowest BCUT2D eigenvalue weighted by Crippen LogP contribution is -2.14. The van der Waals surface area contributed by atoms with Crippen molar-refractivity contribution in [3.63, 3.8) is 0 Å². The third-order valence-corrected chi connectivity index (χ3v) is 3.53. The van der Waals surface area contributed by atoms with Crippen molar-refractivity contribution in [1.82, 2.24) is 0 Å². The van der Waals surface area contributed by atoms with Gasteiger partial charge in [0.15, 0.2) is 5.78 Å². The molecule has 2 aromatic rings. The maximum atomic E-state index is 13.7. The van der Waals surface area contributed by atoms with E-state index in [9.17, 15) is 18.8 Å². The van der Waals surface area contributed by atoms with Crippen LogP contribution in [0.3, 0.4) is 0 Å². The minimum Gasteiger partial charge on any atom is -0.292 e. The zero-order chi connectivity index (χ0) is 15.6. The number of nitrogens with zero attached hydrogens (tertiary/aromatic N) is 1. The lowest BCUT2D eigenvalue weighted by Gasteiger charge is -2.12. The lowest BCUT2D eigenvalue weighted by atomic mass is 9.91. The first kappa shape index (κ1) is 15.4. The van der Waals surface area contributed by atoms with Crippen LogP contribution in [0.4, 0.5) is 8.78 Å². The van der Waals surface area contributed by atoms with Crippen LogP contribution >= 0.6 is 23.2 Å². The summed E-state index contributed by atoms with van der Waals surface area (Å²) in [6, 6.07) is 8.66. The lowest BCUT2D eigenvalue weighted by molar-refractivity contribution is 0.0974. The highest BCUT2D eigenvalue weighted by Crippen LogP contribution is 2.33. The van der Waals surface area contributed by atoms with Crippen molar-refractivity contribution in [1.29, 1.82) is 5.26 Å². The van der Waals surface area contributed by atoms with Crippen molar-refractivity contribution >= 4 is 29.0 Å². The molecule has 21 heavy (non-hydrogen) atoms. The Morgan fingerprint density at radius 1 is 1.14 bits per heavy atom. The Morgan fingerprint density at radius 3 is 2.33 bits per heavy atom. The Kier molecular flexibility index (Phi) is 4.56. The van der Waals surface area contributed by atoms with E-state index in [1.165, 1.54) is 12.1 Å². The molecule has 6 heteroatoms. The van der Waals surface area contributed by atoms with E-state index in [0.717, 1.165) is 18.2 Å². The van der Waals surface area contributed by atoms with E-state index in [4.69, 9.17) is 23.2 Å². The number of ketones is 1. The number of Topliss-reactive ketones (excluding diaryl/α,β-unsaturated/α-hetero) is 1. The zero-order valence-electron chi connectivity index (χ0n) is 10.4. The van der Waals surface area contributed by atoms with Crippen LogP contribution in [0.2, 0.25) is 10.0 Å². The van der Waals surface area contributed by atoms with Crippen LogP contribution in [-0.4, -0.2) is 5.78 Å². The van der Waals surface area contributed by atoms with Crippen LogP contribution in [0.25, 0.3) is 0 Å². The molecule has 106 valence electrons. The standard InChI is InChI=1S/C15H7Cl2F2NO/c16-11-2-1-3-12(17)14(11)10(7-20)15(21)9-6-8(18)4-5-13(9)19/h1-6,10H. The van der Waals surface area contributed by atoms with Crippen molar-refractivity contribution in [3.05, 3.63) is 69.2 Å². The third-order valence-electron chi connectivity index (χ3n) is 2.87. The molecule has 0 bridgehead atoms. The molecule has 0 aliphatic heterocycles. The van der Waals surface area contributed by atoms with Gasteiger partial charge in [0.2, 0.25) is 0 Å². The van der Waals surface area contributed by atoms with E-state index >= 15 is 0 Å². The molecule has 2 nitrogen and oxygen atoms in total. The summed E-state index contributed by atoms with van der Waals surface area (Å²) in [7, 11) is 0. The average Bonchev–Trinajstić information content (AvgIpc) is 2.45. The van der Waals surface area contributed by atoms with Gasteiger partial charge in [-0.2, -0.15) is 5.26 Å². The SMILES string of the molecule is N#CC(C(=O)c1cc(F)ccc1F)c1c(Cl)cccc1Cl. The highest BCUT2D eigenvalue weighted by molar-refractivity contribution is 6.36. The predicted octanol–water partition coefficient (Wildman–Crippen LogP) is 4.76. The van der Waals surface area contributed by atoms with Gasteiger partial charge in [-0.05, 0) is 30.3 Å². The second kappa shape index (κ2) is 6.21. The molecule has 2 rings (SSSR count). The molecular formula is C15H7Cl2F2NO. The Balaban J connectivity index is 2.55. The molecule has 0 fully saturated rings. The fraction of sp³-hybridized carbons (Fsp3) is 0.0667. The molecule has 0 spiro atoms. The van der Waals surface area contributed by atoms with E-state index in [1.807, 2.05) is 0 Å². The van der Waals surface area contributed by atoms with Crippen LogP contribution < -0.4 is 0 Å². The largest absolute Gasteiger partial charge is 0.292 e. The van der Waals surface area contributed by atoms with Crippen molar-refractivity contribution in [2.75, 3.05) is 0 Å². The van der Waals surface area contributed by atoms with Gasteiger partial charge in [0, 0.05) is 15.6 Å². The van der Waals surface area contributed by atoms with Crippen molar-refractivity contribution < 1.29 is 13.6 Å². The minimum atomic E-state index is -1.41. The Labute approximate surface area is 129 Å². The first-order valence-electron chi connectivity index (χ1n) is 5.78. The molecule has 0 N–H and O–H groups in total. The summed E-state index contributed by atoms with van der Waals surface area (Å²) in [5.41, 5.74) is -0.436. The second-order valence-electron chi connectivity index (χ2n) is 4.19. The number of benzene rings is 2. The van der Waals surface area contributed by atoms with Crippen molar-refractivity contribution in [2.24, 2.45) is 0 Å². The molecule has 1 atom stereocenters. The average molecular weight is 326 g/mol. The van der Waals surface area contributed by atoms with Gasteiger partial charge in [0.05, 0.1) is 11.6 Å². The fourth-order valence-electron chi connectivity index (χ4n) is 1.88. The number of rotatable bonds is 3. The van der Waals surface area contributed by atoms with Gasteiger partial charge in [0.1, 0.15) is 17.6 Å². The molecular weight excluding hydrogens is 319 g/mol. The van der Waals surface area contributed by atoms with E-state index < -0.39 is 28.9 Å². The molecule has 0 amide bonds. The summed E-state index contributed by atoms with van der Waals surface area (Å²) in [6.45, 7) is 0. The first-order valence-corrected chi connectivity index (χ1v) is 6.54. The number of carbonyl (C=O) groups is 1. The molecule has 0 aromatic heterocycles. The van der Waals surface area contributed by atoms with Gasteiger partial charge in [0.25, 0.3) is 0 Å². The molecule has 0 saturated heterocycles. The molecule has 0 heterocycles. The second-order valence-corrected chi connectivity index (χ2v) is 5.00. The van der Waals surface area contributed by atoms with E-state index in [-0.39, 0.29) is 15.6 Å². The first-order chi connectivity index (χ1) is 9.95. The topological polar surface area (TPSA) is 40.9 Å². The van der Waals surface area contributed by atoms with Gasteiger partial charge in [-0.15, -0.1) is 0 Å². The smallest absolute Gasteiger partial charge is 0.187 e. The summed E-state index contributed by atoms with van der Waals surface area (Å²) >= 11 is 11.9. The van der Waals surface area contributed by atoms with Gasteiger partial charge in [-0.1, -0.05) is 29.3 Å². The quantitative estimate of drug-likeness (QED) is 0.763. The molecule has 2 aromatic carbocycles. The van der Waals surface area contributed by atoms with E-state index in [0.29, 0.717) is 0 Å². The van der Waals surface area contributed by atoms with Crippen molar-refractivity contribution in [3.8, 4) is 6.07 Å². The molecule has 0 saturated carbocycles. The summed E-state index contributed by atoms with van der Waals surface area (Å²) < 4.78 is 26.9. The molecule has 0 aliphatic rings. The highest BCUT2D eigenvalue weighted by atomic mass is 35.5. The number of nitriles is 1. The Hall–Kier alpha value is -1.96. The Morgan fingerprint density at radius 2 is 1.76 bits per heavy atom. The summed E-state index contributed by atoms with van der Waals surface area (Å²) in [5, 5.41) is 9.44. The van der Waals surface area contributed by atoms with E-state index in [1.54, 1.807) is 12.1 Å². The summed E-state index contributed by atoms with van der Waals surface area (Å²) in [6.07, 6.45) is 0. The van der Waals surface area contributed by atoms with Gasteiger partial charge < -0.3 is 0 Å². The van der Waals surface area contributed by atoms with Gasteiger partial charge >= 0.3 is 0 Å². The number of halogens is 4. The fourth-order valence-corrected chi connectivity index (χ4v) is 2.50. The predicted molar refractivity (Wildman–Crippen MR) is 75.5 cm³/mol. The maximum absolute atomic E-state index is 13.7. The number of hydrogen-bond acceptors (Lipinski definition) is 2. The summed E-state index contributed by atoms with van der Waals surface area (Å²) in [4.78, 5) is 12.3. The summed E-state index contributed by atoms with van der Waals surface area (Å²) in [5.74, 6) is -4.00. The third kappa shape index (κ3) is 3.05. The molecule has 0 radical (unpaired) electrons. The Bertz CT molecular complexity index is 736. The van der Waals surface area contributed by atoms with Crippen LogP contribution in [0.5, 0.6) is 0 Å². The number of hydrogen-bond donors (Lipinski definition) is 0. The van der Waals surface area contributed by atoms with Crippen LogP contribution in [0, 0.1) is 23.0 Å². The van der Waals surface area contributed by atoms with Crippen LogP contribution in [0.15, 0.2) is 36.4 Å². The molecule has 1 unspecified atom stereocenters.